The highest BCUT2D eigenvalue weighted by Gasteiger charge is 2.05. The van der Waals surface area contributed by atoms with Crippen molar-refractivity contribution in [1.29, 1.82) is 0 Å². The van der Waals surface area contributed by atoms with Crippen LogP contribution in [-0.4, -0.2) is 29.2 Å². The first-order chi connectivity index (χ1) is 9.63. The SMILES string of the molecule is Cc1cccc(OCCNc2nc(CC(=O)O)cs2)c1. The highest BCUT2D eigenvalue weighted by atomic mass is 32.1. The van der Waals surface area contributed by atoms with Crippen molar-refractivity contribution in [3.05, 3.63) is 40.9 Å². The van der Waals surface area contributed by atoms with Crippen molar-refractivity contribution in [2.24, 2.45) is 0 Å². The van der Waals surface area contributed by atoms with Gasteiger partial charge in [-0.05, 0) is 24.6 Å². The number of carboxylic acids is 1. The number of nitrogens with zero attached hydrogens (tertiary/aromatic N) is 1. The Hall–Kier alpha value is -2.08. The summed E-state index contributed by atoms with van der Waals surface area (Å²) in [6, 6.07) is 7.87. The minimum absolute atomic E-state index is 0.0437. The zero-order valence-electron chi connectivity index (χ0n) is 11.1. The number of hydrogen-bond acceptors (Lipinski definition) is 5. The van der Waals surface area contributed by atoms with E-state index in [4.69, 9.17) is 9.84 Å². The second-order valence-corrected chi connectivity index (χ2v) is 5.16. The van der Waals surface area contributed by atoms with Gasteiger partial charge in [-0.1, -0.05) is 12.1 Å². The summed E-state index contributed by atoms with van der Waals surface area (Å²) in [4.78, 5) is 14.7. The molecule has 0 atom stereocenters. The summed E-state index contributed by atoms with van der Waals surface area (Å²) in [5.74, 6) is -0.0258. The van der Waals surface area contributed by atoms with E-state index in [0.29, 0.717) is 24.0 Å². The summed E-state index contributed by atoms with van der Waals surface area (Å²) in [5.41, 5.74) is 1.73. The summed E-state index contributed by atoms with van der Waals surface area (Å²) in [5, 5.41) is 14.2. The molecule has 2 rings (SSSR count). The van der Waals surface area contributed by atoms with E-state index in [-0.39, 0.29) is 6.42 Å². The molecule has 20 heavy (non-hydrogen) atoms. The van der Waals surface area contributed by atoms with Crippen molar-refractivity contribution >= 4 is 22.4 Å². The number of rotatable bonds is 7. The zero-order chi connectivity index (χ0) is 14.4. The Bertz CT molecular complexity index is 583. The summed E-state index contributed by atoms with van der Waals surface area (Å²) >= 11 is 1.40. The summed E-state index contributed by atoms with van der Waals surface area (Å²) < 4.78 is 5.60. The van der Waals surface area contributed by atoms with E-state index in [1.54, 1.807) is 5.38 Å². The monoisotopic (exact) mass is 292 g/mol. The van der Waals surface area contributed by atoms with Gasteiger partial charge in [0.25, 0.3) is 0 Å². The molecule has 2 N–H and O–H groups in total. The number of hydrogen-bond donors (Lipinski definition) is 2. The molecule has 1 aromatic heterocycles. The van der Waals surface area contributed by atoms with E-state index in [1.165, 1.54) is 11.3 Å². The molecule has 0 spiro atoms. The molecule has 0 bridgehead atoms. The molecule has 0 saturated carbocycles. The molecule has 0 aliphatic heterocycles. The van der Waals surface area contributed by atoms with Gasteiger partial charge in [0.2, 0.25) is 0 Å². The number of carbonyl (C=O) groups is 1. The molecule has 0 aliphatic rings. The van der Waals surface area contributed by atoms with Crippen LogP contribution in [0.2, 0.25) is 0 Å². The molecular formula is C14H16N2O3S. The van der Waals surface area contributed by atoms with Gasteiger partial charge >= 0.3 is 5.97 Å². The number of aliphatic carboxylic acids is 1. The van der Waals surface area contributed by atoms with E-state index in [0.717, 1.165) is 11.3 Å². The molecule has 0 fully saturated rings. The second kappa shape index (κ2) is 6.91. The van der Waals surface area contributed by atoms with E-state index >= 15 is 0 Å². The first-order valence-electron chi connectivity index (χ1n) is 6.23. The molecule has 5 nitrogen and oxygen atoms in total. The van der Waals surface area contributed by atoms with E-state index in [2.05, 4.69) is 10.3 Å². The van der Waals surface area contributed by atoms with Gasteiger partial charge in [0.05, 0.1) is 18.7 Å². The predicted octanol–water partition coefficient (Wildman–Crippen LogP) is 2.57. The largest absolute Gasteiger partial charge is 0.492 e. The van der Waals surface area contributed by atoms with Crippen LogP contribution in [-0.2, 0) is 11.2 Å². The lowest BCUT2D eigenvalue weighted by atomic mass is 10.2. The van der Waals surface area contributed by atoms with Gasteiger partial charge in [-0.25, -0.2) is 4.98 Å². The first kappa shape index (κ1) is 14.3. The Morgan fingerprint density at radius 2 is 2.35 bits per heavy atom. The Kier molecular flexibility index (Phi) is 4.95. The molecule has 6 heteroatoms. The third-order valence-corrected chi connectivity index (χ3v) is 3.37. The maximum Gasteiger partial charge on any atom is 0.309 e. The normalized spacial score (nSPS) is 10.2. The van der Waals surface area contributed by atoms with Gasteiger partial charge in [-0.2, -0.15) is 0 Å². The highest BCUT2D eigenvalue weighted by molar-refractivity contribution is 7.13. The molecule has 106 valence electrons. The highest BCUT2D eigenvalue weighted by Crippen LogP contribution is 2.16. The number of nitrogens with one attached hydrogen (secondary N) is 1. The average Bonchev–Trinajstić information content (AvgIpc) is 2.81. The lowest BCUT2D eigenvalue weighted by molar-refractivity contribution is -0.136. The third kappa shape index (κ3) is 4.55. The van der Waals surface area contributed by atoms with E-state index in [9.17, 15) is 4.79 Å². The minimum atomic E-state index is -0.871. The fourth-order valence-electron chi connectivity index (χ4n) is 1.66. The summed E-state index contributed by atoms with van der Waals surface area (Å²) in [6.07, 6.45) is -0.0437. The van der Waals surface area contributed by atoms with Crippen molar-refractivity contribution in [2.45, 2.75) is 13.3 Å². The predicted molar refractivity (Wildman–Crippen MR) is 78.6 cm³/mol. The quantitative estimate of drug-likeness (QED) is 0.767. The molecular weight excluding hydrogens is 276 g/mol. The fourth-order valence-corrected chi connectivity index (χ4v) is 2.40. The van der Waals surface area contributed by atoms with Crippen LogP contribution in [0.4, 0.5) is 5.13 Å². The van der Waals surface area contributed by atoms with Crippen LogP contribution in [0.25, 0.3) is 0 Å². The average molecular weight is 292 g/mol. The number of thiazole rings is 1. The Morgan fingerprint density at radius 1 is 1.50 bits per heavy atom. The molecule has 1 aromatic carbocycles. The maximum absolute atomic E-state index is 10.5. The van der Waals surface area contributed by atoms with Crippen LogP contribution in [0.15, 0.2) is 29.6 Å². The van der Waals surface area contributed by atoms with Crippen LogP contribution >= 0.6 is 11.3 Å². The molecule has 0 amide bonds. The van der Waals surface area contributed by atoms with Crippen molar-refractivity contribution in [3.63, 3.8) is 0 Å². The topological polar surface area (TPSA) is 71.5 Å². The lowest BCUT2D eigenvalue weighted by Crippen LogP contribution is -2.11. The summed E-state index contributed by atoms with van der Waals surface area (Å²) in [7, 11) is 0. The van der Waals surface area contributed by atoms with Gasteiger partial charge < -0.3 is 15.2 Å². The van der Waals surface area contributed by atoms with Crippen molar-refractivity contribution < 1.29 is 14.6 Å². The van der Waals surface area contributed by atoms with Gasteiger partial charge in [0.15, 0.2) is 5.13 Å². The molecule has 0 aliphatic carbocycles. The smallest absolute Gasteiger partial charge is 0.309 e. The second-order valence-electron chi connectivity index (χ2n) is 4.31. The summed E-state index contributed by atoms with van der Waals surface area (Å²) in [6.45, 7) is 3.16. The molecule has 0 radical (unpaired) electrons. The minimum Gasteiger partial charge on any atom is -0.492 e. The molecule has 0 unspecified atom stereocenters. The number of ether oxygens (including phenoxy) is 1. The Labute approximate surface area is 121 Å². The van der Waals surface area contributed by atoms with Gasteiger partial charge in [0, 0.05) is 5.38 Å². The number of benzene rings is 1. The van der Waals surface area contributed by atoms with Crippen LogP contribution in [0.3, 0.4) is 0 Å². The first-order valence-corrected chi connectivity index (χ1v) is 7.11. The van der Waals surface area contributed by atoms with E-state index < -0.39 is 5.97 Å². The van der Waals surface area contributed by atoms with Crippen molar-refractivity contribution in [3.8, 4) is 5.75 Å². The van der Waals surface area contributed by atoms with Crippen molar-refractivity contribution in [2.75, 3.05) is 18.5 Å². The number of aryl methyl sites for hydroxylation is 1. The molecule has 2 aromatic rings. The fraction of sp³-hybridized carbons (Fsp3) is 0.286. The van der Waals surface area contributed by atoms with Crippen molar-refractivity contribution in [1.82, 2.24) is 4.98 Å². The van der Waals surface area contributed by atoms with Crippen LogP contribution in [0.1, 0.15) is 11.3 Å². The van der Waals surface area contributed by atoms with Crippen LogP contribution in [0, 0.1) is 6.92 Å². The van der Waals surface area contributed by atoms with Gasteiger partial charge in [-0.15, -0.1) is 11.3 Å². The van der Waals surface area contributed by atoms with Gasteiger partial charge in [-0.3, -0.25) is 4.79 Å². The molecule has 1 heterocycles. The number of aromatic nitrogens is 1. The van der Waals surface area contributed by atoms with Crippen LogP contribution < -0.4 is 10.1 Å². The lowest BCUT2D eigenvalue weighted by Gasteiger charge is -2.07. The van der Waals surface area contributed by atoms with Gasteiger partial charge in [0.1, 0.15) is 12.4 Å². The number of anilines is 1. The number of carboxylic acid groups (broad SMARTS) is 1. The Morgan fingerprint density at radius 3 is 3.10 bits per heavy atom. The Balaban J connectivity index is 1.73. The maximum atomic E-state index is 10.5. The molecule has 0 saturated heterocycles. The standard InChI is InChI=1S/C14H16N2O3S/c1-10-3-2-4-12(7-10)19-6-5-15-14-16-11(9-20-14)8-13(17)18/h2-4,7,9H,5-6,8H2,1H3,(H,15,16)(H,17,18). The van der Waals surface area contributed by atoms with E-state index in [1.807, 2.05) is 31.2 Å². The third-order valence-electron chi connectivity index (χ3n) is 2.52. The van der Waals surface area contributed by atoms with Crippen LogP contribution in [0.5, 0.6) is 5.75 Å². The zero-order valence-corrected chi connectivity index (χ0v) is 11.9.